The normalized spacial score (nSPS) is 19.5. The number of phenols is 1. The van der Waals surface area contributed by atoms with E-state index in [9.17, 15) is 5.11 Å². The molecule has 1 atom stereocenters. The van der Waals surface area contributed by atoms with Gasteiger partial charge in [0.05, 0.1) is 0 Å². The van der Waals surface area contributed by atoms with Crippen molar-refractivity contribution < 1.29 is 5.11 Å². The molecule has 0 heterocycles. The first-order valence-corrected chi connectivity index (χ1v) is 5.07. The van der Waals surface area contributed by atoms with Crippen molar-refractivity contribution in [2.24, 2.45) is 5.92 Å². The first kappa shape index (κ1) is 8.61. The monoisotopic (exact) mass is 176 g/mol. The maximum Gasteiger partial charge on any atom is 0.119 e. The molecular formula is C12H16O. The van der Waals surface area contributed by atoms with Crippen LogP contribution in [-0.2, 0) is 0 Å². The molecule has 0 aromatic heterocycles. The minimum atomic E-state index is 0.460. The molecule has 1 aliphatic rings. The number of hydrogen-bond acceptors (Lipinski definition) is 1. The van der Waals surface area contributed by atoms with Crippen LogP contribution in [0.15, 0.2) is 24.3 Å². The van der Waals surface area contributed by atoms with Crippen molar-refractivity contribution in [2.75, 3.05) is 0 Å². The van der Waals surface area contributed by atoms with Gasteiger partial charge in [0.15, 0.2) is 0 Å². The second kappa shape index (κ2) is 3.41. The Hall–Kier alpha value is -0.980. The van der Waals surface area contributed by atoms with Crippen molar-refractivity contribution in [3.63, 3.8) is 0 Å². The Balaban J connectivity index is 2.18. The highest BCUT2D eigenvalue weighted by Crippen LogP contribution is 2.41. The minimum Gasteiger partial charge on any atom is -0.508 e. The molecule has 0 aliphatic heterocycles. The maximum atomic E-state index is 9.65. The number of benzene rings is 1. The average Bonchev–Trinajstić information content (AvgIpc) is 2.01. The van der Waals surface area contributed by atoms with Gasteiger partial charge in [-0.1, -0.05) is 31.5 Å². The molecule has 1 heteroatoms. The maximum absolute atomic E-state index is 9.65. The second-order valence-corrected chi connectivity index (χ2v) is 4.04. The predicted molar refractivity (Wildman–Crippen MR) is 53.9 cm³/mol. The smallest absolute Gasteiger partial charge is 0.119 e. The van der Waals surface area contributed by atoms with Crippen molar-refractivity contribution in [1.29, 1.82) is 0 Å². The van der Waals surface area contributed by atoms with Gasteiger partial charge in [0, 0.05) is 0 Å². The second-order valence-electron chi connectivity index (χ2n) is 4.04. The summed E-state index contributed by atoms with van der Waals surface area (Å²) >= 11 is 0. The van der Waals surface area contributed by atoms with Gasteiger partial charge in [0.25, 0.3) is 0 Å². The molecule has 0 amide bonds. The Morgan fingerprint density at radius 3 is 2.54 bits per heavy atom. The van der Waals surface area contributed by atoms with Crippen LogP contribution < -0.4 is 0 Å². The minimum absolute atomic E-state index is 0.460. The predicted octanol–water partition coefficient (Wildman–Crippen LogP) is 3.30. The highest BCUT2D eigenvalue weighted by molar-refractivity contribution is 5.35. The van der Waals surface area contributed by atoms with Crippen LogP contribution in [-0.4, -0.2) is 5.11 Å². The van der Waals surface area contributed by atoms with Crippen LogP contribution in [0.1, 0.15) is 37.7 Å². The van der Waals surface area contributed by atoms with Gasteiger partial charge in [-0.05, 0) is 36.3 Å². The largest absolute Gasteiger partial charge is 0.508 e. The van der Waals surface area contributed by atoms with Crippen LogP contribution in [0.5, 0.6) is 5.75 Å². The average molecular weight is 176 g/mol. The molecule has 1 aromatic carbocycles. The van der Waals surface area contributed by atoms with Crippen LogP contribution in [0.25, 0.3) is 0 Å². The zero-order valence-corrected chi connectivity index (χ0v) is 8.03. The van der Waals surface area contributed by atoms with Crippen molar-refractivity contribution in [2.45, 2.75) is 32.1 Å². The molecule has 1 unspecified atom stereocenters. The van der Waals surface area contributed by atoms with E-state index >= 15 is 0 Å². The van der Waals surface area contributed by atoms with Gasteiger partial charge >= 0.3 is 0 Å². The van der Waals surface area contributed by atoms with E-state index in [-0.39, 0.29) is 0 Å². The SMILES string of the molecule is CC(c1ccccc1O)C1CCC1. The van der Waals surface area contributed by atoms with Gasteiger partial charge in [0.1, 0.15) is 5.75 Å². The molecule has 1 N–H and O–H groups in total. The Morgan fingerprint density at radius 2 is 2.00 bits per heavy atom. The number of hydrogen-bond donors (Lipinski definition) is 1. The summed E-state index contributed by atoms with van der Waals surface area (Å²) < 4.78 is 0. The summed E-state index contributed by atoms with van der Waals surface area (Å²) in [6.07, 6.45) is 4.02. The standard InChI is InChI=1S/C12H16O/c1-9(10-5-4-6-10)11-7-2-3-8-12(11)13/h2-3,7-10,13H,4-6H2,1H3. The Bertz CT molecular complexity index is 289. The van der Waals surface area contributed by atoms with E-state index in [1.807, 2.05) is 18.2 Å². The summed E-state index contributed by atoms with van der Waals surface area (Å²) in [4.78, 5) is 0. The summed E-state index contributed by atoms with van der Waals surface area (Å²) in [5, 5.41) is 9.65. The van der Waals surface area contributed by atoms with E-state index in [1.165, 1.54) is 19.3 Å². The number of para-hydroxylation sites is 1. The zero-order chi connectivity index (χ0) is 9.26. The van der Waals surface area contributed by atoms with E-state index in [1.54, 1.807) is 6.07 Å². The number of phenolic OH excluding ortho intramolecular Hbond substituents is 1. The third-order valence-electron chi connectivity index (χ3n) is 3.28. The first-order valence-electron chi connectivity index (χ1n) is 5.07. The van der Waals surface area contributed by atoms with Crippen molar-refractivity contribution in [1.82, 2.24) is 0 Å². The van der Waals surface area contributed by atoms with Gasteiger partial charge in [-0.2, -0.15) is 0 Å². The van der Waals surface area contributed by atoms with E-state index in [0.29, 0.717) is 11.7 Å². The molecule has 13 heavy (non-hydrogen) atoms. The lowest BCUT2D eigenvalue weighted by Crippen LogP contribution is -2.18. The molecule has 1 aliphatic carbocycles. The highest BCUT2D eigenvalue weighted by Gasteiger charge is 2.26. The van der Waals surface area contributed by atoms with Gasteiger partial charge < -0.3 is 5.11 Å². The number of rotatable bonds is 2. The summed E-state index contributed by atoms with van der Waals surface area (Å²) in [6, 6.07) is 7.71. The molecule has 0 radical (unpaired) electrons. The lowest BCUT2D eigenvalue weighted by atomic mass is 9.74. The third kappa shape index (κ3) is 1.55. The zero-order valence-electron chi connectivity index (χ0n) is 8.03. The summed E-state index contributed by atoms with van der Waals surface area (Å²) in [6.45, 7) is 2.22. The highest BCUT2D eigenvalue weighted by atomic mass is 16.3. The molecule has 1 nitrogen and oxygen atoms in total. The van der Waals surface area contributed by atoms with Crippen molar-refractivity contribution >= 4 is 0 Å². The number of aromatic hydroxyl groups is 1. The molecule has 0 spiro atoms. The van der Waals surface area contributed by atoms with Crippen LogP contribution >= 0.6 is 0 Å². The summed E-state index contributed by atoms with van der Waals surface area (Å²) in [5.74, 6) is 1.78. The molecule has 2 rings (SSSR count). The van der Waals surface area contributed by atoms with Crippen molar-refractivity contribution in [3.8, 4) is 5.75 Å². The molecule has 1 fully saturated rings. The van der Waals surface area contributed by atoms with Crippen LogP contribution in [0, 0.1) is 5.92 Å². The van der Waals surface area contributed by atoms with E-state index < -0.39 is 0 Å². The summed E-state index contributed by atoms with van der Waals surface area (Å²) in [5.41, 5.74) is 1.12. The fourth-order valence-corrected chi connectivity index (χ4v) is 2.07. The third-order valence-corrected chi connectivity index (χ3v) is 3.28. The van der Waals surface area contributed by atoms with E-state index in [0.717, 1.165) is 11.5 Å². The first-order chi connectivity index (χ1) is 6.29. The lowest BCUT2D eigenvalue weighted by molar-refractivity contribution is 0.268. The van der Waals surface area contributed by atoms with Gasteiger partial charge in [-0.15, -0.1) is 0 Å². The van der Waals surface area contributed by atoms with Gasteiger partial charge in [0.2, 0.25) is 0 Å². The van der Waals surface area contributed by atoms with E-state index in [2.05, 4.69) is 6.92 Å². The fraction of sp³-hybridized carbons (Fsp3) is 0.500. The summed E-state index contributed by atoms with van der Waals surface area (Å²) in [7, 11) is 0. The van der Waals surface area contributed by atoms with Crippen molar-refractivity contribution in [3.05, 3.63) is 29.8 Å². The molecule has 0 saturated heterocycles. The van der Waals surface area contributed by atoms with Gasteiger partial charge in [-0.3, -0.25) is 0 Å². The Morgan fingerprint density at radius 1 is 1.31 bits per heavy atom. The fourth-order valence-electron chi connectivity index (χ4n) is 2.07. The molecule has 70 valence electrons. The van der Waals surface area contributed by atoms with E-state index in [4.69, 9.17) is 0 Å². The topological polar surface area (TPSA) is 20.2 Å². The molecular weight excluding hydrogens is 160 g/mol. The molecule has 1 saturated carbocycles. The van der Waals surface area contributed by atoms with Crippen LogP contribution in [0.2, 0.25) is 0 Å². The van der Waals surface area contributed by atoms with Crippen LogP contribution in [0.3, 0.4) is 0 Å². The van der Waals surface area contributed by atoms with Gasteiger partial charge in [-0.25, -0.2) is 0 Å². The van der Waals surface area contributed by atoms with Crippen LogP contribution in [0.4, 0.5) is 0 Å². The Labute approximate surface area is 79.4 Å². The quantitative estimate of drug-likeness (QED) is 0.733. The lowest BCUT2D eigenvalue weighted by Gasteiger charge is -2.31. The molecule has 1 aromatic rings. The Kier molecular flexibility index (Phi) is 2.26. The molecule has 0 bridgehead atoms.